The third-order valence-electron chi connectivity index (χ3n) is 5.44. The number of thioether (sulfide) groups is 1. The van der Waals surface area contributed by atoms with Gasteiger partial charge in [0.25, 0.3) is 5.91 Å². The summed E-state index contributed by atoms with van der Waals surface area (Å²) in [6.07, 6.45) is 3.50. The number of rotatable bonds is 7. The normalized spacial score (nSPS) is 15.3. The summed E-state index contributed by atoms with van der Waals surface area (Å²) in [5, 5.41) is 3.62. The standard InChI is InChI=1S/C27H25ClN2O2S/c1-19(15-16-20-9-3-2-4-10-20)29-26(31)18-30-23-13-7-8-14-24(23)33-25(27(30)32)17-21-11-5-6-12-22(21)28/h2-14,17,19H,15-16,18H2,1H3,(H,29,31)/b25-17+/t19-/m1/s1. The molecule has 2 amide bonds. The number of aryl methyl sites for hydroxylation is 1. The Morgan fingerprint density at radius 3 is 2.52 bits per heavy atom. The molecule has 1 N–H and O–H groups in total. The maximum Gasteiger partial charge on any atom is 0.265 e. The van der Waals surface area contributed by atoms with Crippen LogP contribution in [0.25, 0.3) is 6.08 Å². The van der Waals surface area contributed by atoms with Gasteiger partial charge in [0.2, 0.25) is 5.91 Å². The Labute approximate surface area is 203 Å². The molecule has 0 unspecified atom stereocenters. The van der Waals surface area contributed by atoms with Crippen LogP contribution in [0.3, 0.4) is 0 Å². The molecule has 0 bridgehead atoms. The summed E-state index contributed by atoms with van der Waals surface area (Å²) in [5.41, 5.74) is 2.76. The van der Waals surface area contributed by atoms with E-state index in [-0.39, 0.29) is 24.4 Å². The molecule has 33 heavy (non-hydrogen) atoms. The molecule has 3 aromatic carbocycles. The first-order valence-corrected chi connectivity index (χ1v) is 12.1. The zero-order chi connectivity index (χ0) is 23.2. The van der Waals surface area contributed by atoms with Crippen LogP contribution in [0.2, 0.25) is 5.02 Å². The van der Waals surface area contributed by atoms with Crippen LogP contribution in [0.15, 0.2) is 88.7 Å². The van der Waals surface area contributed by atoms with Crippen molar-refractivity contribution in [2.75, 3.05) is 11.4 Å². The zero-order valence-corrected chi connectivity index (χ0v) is 19.9. The molecule has 0 saturated carbocycles. The van der Waals surface area contributed by atoms with Crippen LogP contribution in [0, 0.1) is 0 Å². The Balaban J connectivity index is 1.48. The number of nitrogens with one attached hydrogen (secondary N) is 1. The highest BCUT2D eigenvalue weighted by atomic mass is 35.5. The minimum Gasteiger partial charge on any atom is -0.352 e. The molecule has 0 saturated heterocycles. The first-order valence-electron chi connectivity index (χ1n) is 10.9. The van der Waals surface area contributed by atoms with E-state index in [0.29, 0.717) is 9.93 Å². The van der Waals surface area contributed by atoms with Crippen molar-refractivity contribution in [3.8, 4) is 0 Å². The van der Waals surface area contributed by atoms with Crippen molar-refractivity contribution in [1.29, 1.82) is 0 Å². The van der Waals surface area contributed by atoms with Crippen molar-refractivity contribution in [3.63, 3.8) is 0 Å². The fourth-order valence-corrected chi connectivity index (χ4v) is 4.96. The van der Waals surface area contributed by atoms with Crippen molar-refractivity contribution < 1.29 is 9.59 Å². The fraction of sp³-hybridized carbons (Fsp3) is 0.185. The van der Waals surface area contributed by atoms with Gasteiger partial charge in [0.05, 0.1) is 10.6 Å². The van der Waals surface area contributed by atoms with E-state index < -0.39 is 0 Å². The molecule has 0 radical (unpaired) electrons. The number of anilines is 1. The number of amides is 2. The SMILES string of the molecule is C[C@H](CCc1ccccc1)NC(=O)CN1C(=O)/C(=C\c2ccccc2Cl)Sc2ccccc21. The topological polar surface area (TPSA) is 49.4 Å². The fourth-order valence-electron chi connectivity index (χ4n) is 3.72. The lowest BCUT2D eigenvalue weighted by molar-refractivity contribution is -0.122. The van der Waals surface area contributed by atoms with E-state index in [9.17, 15) is 9.59 Å². The Kier molecular flexibility index (Phi) is 7.53. The number of hydrogen-bond donors (Lipinski definition) is 1. The van der Waals surface area contributed by atoms with Gasteiger partial charge < -0.3 is 5.32 Å². The van der Waals surface area contributed by atoms with Gasteiger partial charge in [0.1, 0.15) is 6.54 Å². The number of halogens is 1. The Morgan fingerprint density at radius 1 is 1.03 bits per heavy atom. The van der Waals surface area contributed by atoms with Crippen LogP contribution in [-0.4, -0.2) is 24.4 Å². The van der Waals surface area contributed by atoms with Crippen molar-refractivity contribution in [2.45, 2.75) is 30.7 Å². The third kappa shape index (κ3) is 5.86. The summed E-state index contributed by atoms with van der Waals surface area (Å²) in [5.74, 6) is -0.381. The van der Waals surface area contributed by atoms with E-state index in [0.717, 1.165) is 29.0 Å². The lowest BCUT2D eigenvalue weighted by atomic mass is 10.1. The molecular formula is C27H25ClN2O2S. The molecule has 0 spiro atoms. The molecule has 1 aliphatic rings. The second-order valence-corrected chi connectivity index (χ2v) is 9.47. The molecule has 1 heterocycles. The van der Waals surface area contributed by atoms with Gasteiger partial charge in [0, 0.05) is 16.0 Å². The lowest BCUT2D eigenvalue weighted by Gasteiger charge is -2.30. The molecule has 0 aliphatic carbocycles. The molecule has 3 aromatic rings. The highest BCUT2D eigenvalue weighted by molar-refractivity contribution is 8.04. The summed E-state index contributed by atoms with van der Waals surface area (Å²) in [4.78, 5) is 29.2. The summed E-state index contributed by atoms with van der Waals surface area (Å²) in [7, 11) is 0. The van der Waals surface area contributed by atoms with Gasteiger partial charge in [-0.2, -0.15) is 0 Å². The van der Waals surface area contributed by atoms with Crippen LogP contribution in [0.4, 0.5) is 5.69 Å². The van der Waals surface area contributed by atoms with Crippen LogP contribution in [-0.2, 0) is 16.0 Å². The molecular weight excluding hydrogens is 452 g/mol. The van der Waals surface area contributed by atoms with Gasteiger partial charge in [0.15, 0.2) is 0 Å². The zero-order valence-electron chi connectivity index (χ0n) is 18.3. The molecule has 0 fully saturated rings. The smallest absolute Gasteiger partial charge is 0.265 e. The van der Waals surface area contributed by atoms with Crippen molar-refractivity contribution in [3.05, 3.63) is 99.9 Å². The molecule has 4 rings (SSSR count). The number of hydrogen-bond acceptors (Lipinski definition) is 3. The molecule has 4 nitrogen and oxygen atoms in total. The minimum absolute atomic E-state index is 0.000329. The second-order valence-electron chi connectivity index (χ2n) is 7.98. The average Bonchev–Trinajstić information content (AvgIpc) is 2.82. The van der Waals surface area contributed by atoms with Crippen molar-refractivity contribution >= 4 is 46.9 Å². The van der Waals surface area contributed by atoms with Crippen molar-refractivity contribution in [2.24, 2.45) is 0 Å². The highest BCUT2D eigenvalue weighted by Gasteiger charge is 2.30. The summed E-state index contributed by atoms with van der Waals surface area (Å²) in [6, 6.07) is 25.2. The Hall–Kier alpha value is -3.02. The van der Waals surface area contributed by atoms with Gasteiger partial charge >= 0.3 is 0 Å². The van der Waals surface area contributed by atoms with Crippen LogP contribution < -0.4 is 10.2 Å². The average molecular weight is 477 g/mol. The first-order chi connectivity index (χ1) is 16.0. The van der Waals surface area contributed by atoms with E-state index in [1.165, 1.54) is 17.3 Å². The van der Waals surface area contributed by atoms with E-state index in [1.807, 2.05) is 67.6 Å². The number of carbonyl (C=O) groups is 2. The van der Waals surface area contributed by atoms with Gasteiger partial charge in [-0.15, -0.1) is 0 Å². The first kappa shape index (κ1) is 23.1. The maximum absolute atomic E-state index is 13.3. The van der Waals surface area contributed by atoms with Gasteiger partial charge in [-0.3, -0.25) is 14.5 Å². The number of carbonyl (C=O) groups excluding carboxylic acids is 2. The summed E-state index contributed by atoms with van der Waals surface area (Å²) in [6.45, 7) is 1.96. The van der Waals surface area contributed by atoms with E-state index in [2.05, 4.69) is 17.4 Å². The van der Waals surface area contributed by atoms with Crippen molar-refractivity contribution in [1.82, 2.24) is 5.32 Å². The monoisotopic (exact) mass is 476 g/mol. The number of fused-ring (bicyclic) bond motifs is 1. The van der Waals surface area contributed by atoms with Crippen LogP contribution in [0.1, 0.15) is 24.5 Å². The molecule has 1 aliphatic heterocycles. The van der Waals surface area contributed by atoms with Crippen LogP contribution in [0.5, 0.6) is 0 Å². The van der Waals surface area contributed by atoms with Crippen LogP contribution >= 0.6 is 23.4 Å². The van der Waals surface area contributed by atoms with E-state index >= 15 is 0 Å². The number of benzene rings is 3. The van der Waals surface area contributed by atoms with Gasteiger partial charge in [-0.25, -0.2) is 0 Å². The quantitative estimate of drug-likeness (QED) is 0.428. The Bertz CT molecular complexity index is 1180. The lowest BCUT2D eigenvalue weighted by Crippen LogP contribution is -2.45. The summed E-state index contributed by atoms with van der Waals surface area (Å²) < 4.78 is 0. The summed E-state index contributed by atoms with van der Waals surface area (Å²) >= 11 is 7.70. The predicted molar refractivity (Wildman–Crippen MR) is 136 cm³/mol. The maximum atomic E-state index is 13.3. The predicted octanol–water partition coefficient (Wildman–Crippen LogP) is 5.96. The van der Waals surface area contributed by atoms with E-state index in [1.54, 1.807) is 17.0 Å². The molecule has 0 aromatic heterocycles. The molecule has 1 atom stereocenters. The third-order valence-corrected chi connectivity index (χ3v) is 6.86. The highest BCUT2D eigenvalue weighted by Crippen LogP contribution is 2.42. The number of para-hydroxylation sites is 1. The van der Waals surface area contributed by atoms with Gasteiger partial charge in [-0.05, 0) is 55.2 Å². The molecule has 168 valence electrons. The largest absolute Gasteiger partial charge is 0.352 e. The Morgan fingerprint density at radius 2 is 1.73 bits per heavy atom. The molecule has 6 heteroatoms. The van der Waals surface area contributed by atoms with Gasteiger partial charge in [-0.1, -0.05) is 84.0 Å². The number of nitrogens with zero attached hydrogens (tertiary/aromatic N) is 1. The minimum atomic E-state index is -0.203. The second kappa shape index (κ2) is 10.7. The van der Waals surface area contributed by atoms with E-state index in [4.69, 9.17) is 11.6 Å².